The minimum atomic E-state index is -2.22. The van der Waals surface area contributed by atoms with Gasteiger partial charge in [0, 0.05) is 24.4 Å². The van der Waals surface area contributed by atoms with Gasteiger partial charge in [-0.1, -0.05) is 6.92 Å². The second kappa shape index (κ2) is 5.07. The van der Waals surface area contributed by atoms with Gasteiger partial charge in [0.15, 0.2) is 29.1 Å². The number of hydrogen-bond donors (Lipinski definition) is 0. The molecule has 1 aromatic carbocycles. The molecule has 0 unspecified atom stereocenters. The zero-order chi connectivity index (χ0) is 15.0. The van der Waals surface area contributed by atoms with E-state index in [1.165, 1.54) is 6.07 Å². The van der Waals surface area contributed by atoms with Crippen molar-refractivity contribution < 1.29 is 26.7 Å². The van der Waals surface area contributed by atoms with Crippen LogP contribution in [-0.4, -0.2) is 10.4 Å². The first-order valence-electron chi connectivity index (χ1n) is 5.61. The van der Waals surface area contributed by atoms with Gasteiger partial charge < -0.3 is 4.57 Å². The van der Waals surface area contributed by atoms with Crippen LogP contribution in [0.2, 0.25) is 0 Å². The van der Waals surface area contributed by atoms with Gasteiger partial charge in [0.05, 0.1) is 0 Å². The van der Waals surface area contributed by atoms with E-state index in [-0.39, 0.29) is 17.8 Å². The molecule has 0 bridgehead atoms. The molecule has 2 aromatic rings. The molecule has 0 aliphatic carbocycles. The van der Waals surface area contributed by atoms with Crippen molar-refractivity contribution in [3.05, 3.63) is 53.1 Å². The third kappa shape index (κ3) is 2.09. The summed E-state index contributed by atoms with van der Waals surface area (Å²) in [6.45, 7) is 1.58. The highest BCUT2D eigenvalue weighted by Gasteiger charge is 2.26. The van der Waals surface area contributed by atoms with E-state index in [0.29, 0.717) is 4.57 Å². The third-order valence-electron chi connectivity index (χ3n) is 2.78. The molecule has 2 rings (SSSR count). The summed E-state index contributed by atoms with van der Waals surface area (Å²) in [6, 6.07) is 1.24. The van der Waals surface area contributed by atoms with E-state index in [1.54, 1.807) is 6.92 Å². The average molecular weight is 289 g/mol. The third-order valence-corrected chi connectivity index (χ3v) is 2.78. The van der Waals surface area contributed by atoms with E-state index in [0.717, 1.165) is 12.4 Å². The molecule has 2 nitrogen and oxygen atoms in total. The topological polar surface area (TPSA) is 22.0 Å². The van der Waals surface area contributed by atoms with Crippen LogP contribution in [0.4, 0.5) is 22.0 Å². The second-order valence-corrected chi connectivity index (χ2v) is 4.00. The molecule has 1 heterocycles. The lowest BCUT2D eigenvalue weighted by molar-refractivity contribution is 0.0988. The maximum Gasteiger partial charge on any atom is 0.200 e. The highest BCUT2D eigenvalue weighted by molar-refractivity contribution is 5.95. The average Bonchev–Trinajstić information content (AvgIpc) is 2.92. The molecule has 0 aliphatic heterocycles. The molecule has 1 aromatic heterocycles. The number of nitrogens with zero attached hydrogens (tertiary/aromatic N) is 1. The number of benzene rings is 1. The first-order valence-corrected chi connectivity index (χ1v) is 5.61. The largest absolute Gasteiger partial charge is 0.318 e. The maximum absolute atomic E-state index is 13.6. The predicted octanol–water partition coefficient (Wildman–Crippen LogP) is 3.77. The van der Waals surface area contributed by atoms with Crippen LogP contribution in [-0.2, 0) is 0 Å². The number of aromatic nitrogens is 1. The van der Waals surface area contributed by atoms with Crippen LogP contribution in [0.5, 0.6) is 0 Å². The Morgan fingerprint density at radius 3 is 2.00 bits per heavy atom. The summed E-state index contributed by atoms with van der Waals surface area (Å²) < 4.78 is 66.9. The molecule has 0 saturated carbocycles. The molecule has 0 amide bonds. The van der Waals surface area contributed by atoms with Crippen molar-refractivity contribution in [3.63, 3.8) is 0 Å². The SMILES string of the molecule is CCC(=O)c1ccn(-c2c(F)c(F)c(F)c(F)c2F)c1. The lowest BCUT2D eigenvalue weighted by atomic mass is 10.2. The first kappa shape index (κ1) is 14.2. The molecule has 106 valence electrons. The summed E-state index contributed by atoms with van der Waals surface area (Å²) in [5.41, 5.74) is -0.993. The molecule has 0 atom stereocenters. The summed E-state index contributed by atoms with van der Waals surface area (Å²) in [7, 11) is 0. The van der Waals surface area contributed by atoms with E-state index >= 15 is 0 Å². The van der Waals surface area contributed by atoms with Crippen LogP contribution in [0, 0.1) is 29.1 Å². The van der Waals surface area contributed by atoms with Gasteiger partial charge in [-0.2, -0.15) is 0 Å². The number of hydrogen-bond acceptors (Lipinski definition) is 1. The van der Waals surface area contributed by atoms with Crippen LogP contribution in [0.1, 0.15) is 23.7 Å². The molecule has 0 spiro atoms. The number of Topliss-reactive ketones (excluding diaryl/α,β-unsaturated/α-hetero) is 1. The molecule has 0 radical (unpaired) electrons. The molecule has 0 saturated heterocycles. The molecule has 0 fully saturated rings. The van der Waals surface area contributed by atoms with Crippen molar-refractivity contribution >= 4 is 5.78 Å². The highest BCUT2D eigenvalue weighted by atomic mass is 19.2. The fourth-order valence-electron chi connectivity index (χ4n) is 1.72. The normalized spacial score (nSPS) is 10.9. The zero-order valence-electron chi connectivity index (χ0n) is 10.2. The summed E-state index contributed by atoms with van der Waals surface area (Å²) >= 11 is 0. The Morgan fingerprint density at radius 2 is 1.50 bits per heavy atom. The van der Waals surface area contributed by atoms with E-state index in [4.69, 9.17) is 0 Å². The number of carbonyl (C=O) groups excluding carboxylic acids is 1. The number of rotatable bonds is 3. The van der Waals surface area contributed by atoms with Crippen molar-refractivity contribution in [2.75, 3.05) is 0 Å². The molecule has 7 heteroatoms. The van der Waals surface area contributed by atoms with Crippen molar-refractivity contribution in [2.45, 2.75) is 13.3 Å². The van der Waals surface area contributed by atoms with Crippen LogP contribution in [0.25, 0.3) is 5.69 Å². The maximum atomic E-state index is 13.6. The van der Waals surface area contributed by atoms with E-state index < -0.39 is 34.8 Å². The van der Waals surface area contributed by atoms with E-state index in [9.17, 15) is 26.7 Å². The van der Waals surface area contributed by atoms with Gasteiger partial charge in [-0.15, -0.1) is 0 Å². The van der Waals surface area contributed by atoms with Crippen molar-refractivity contribution in [2.24, 2.45) is 0 Å². The highest BCUT2D eigenvalue weighted by Crippen LogP contribution is 2.26. The molecule has 0 N–H and O–H groups in total. The summed E-state index contributed by atoms with van der Waals surface area (Å²) in [4.78, 5) is 11.4. The summed E-state index contributed by atoms with van der Waals surface area (Å²) in [6.07, 6.45) is 2.23. The van der Waals surface area contributed by atoms with Gasteiger partial charge >= 0.3 is 0 Å². The number of ketones is 1. The Labute approximate surface area is 110 Å². The lowest BCUT2D eigenvalue weighted by Gasteiger charge is -2.08. The number of halogens is 5. The minimum absolute atomic E-state index is 0.122. The van der Waals surface area contributed by atoms with Crippen LogP contribution >= 0.6 is 0 Å². The summed E-state index contributed by atoms with van der Waals surface area (Å²) in [5.74, 6) is -10.5. The van der Waals surface area contributed by atoms with Gasteiger partial charge in [0.2, 0.25) is 5.82 Å². The van der Waals surface area contributed by atoms with Crippen molar-refractivity contribution in [3.8, 4) is 5.69 Å². The monoisotopic (exact) mass is 289 g/mol. The smallest absolute Gasteiger partial charge is 0.200 e. The molecule has 0 aliphatic rings. The fraction of sp³-hybridized carbons (Fsp3) is 0.154. The zero-order valence-corrected chi connectivity index (χ0v) is 10.2. The Hall–Kier alpha value is -2.18. The first-order chi connectivity index (χ1) is 9.38. The molecular formula is C13H8F5NO. The van der Waals surface area contributed by atoms with Crippen LogP contribution < -0.4 is 0 Å². The Morgan fingerprint density at radius 1 is 1.00 bits per heavy atom. The van der Waals surface area contributed by atoms with Gasteiger partial charge in [-0.05, 0) is 6.07 Å². The van der Waals surface area contributed by atoms with E-state index in [2.05, 4.69) is 0 Å². The van der Waals surface area contributed by atoms with Crippen LogP contribution in [0.15, 0.2) is 18.5 Å². The molecule has 20 heavy (non-hydrogen) atoms. The minimum Gasteiger partial charge on any atom is -0.318 e. The number of carbonyl (C=O) groups is 1. The van der Waals surface area contributed by atoms with Gasteiger partial charge in [0.1, 0.15) is 5.69 Å². The van der Waals surface area contributed by atoms with Gasteiger partial charge in [0.25, 0.3) is 0 Å². The Kier molecular flexibility index (Phi) is 3.61. The Bertz CT molecular complexity index is 663. The fourth-order valence-corrected chi connectivity index (χ4v) is 1.72. The second-order valence-electron chi connectivity index (χ2n) is 4.00. The van der Waals surface area contributed by atoms with Crippen molar-refractivity contribution in [1.82, 2.24) is 4.57 Å². The van der Waals surface area contributed by atoms with Gasteiger partial charge in [-0.3, -0.25) is 4.79 Å². The standard InChI is InChI=1S/C13H8F5NO/c1-2-7(20)6-3-4-19(5-6)13-11(17)9(15)8(14)10(16)12(13)18/h3-5H,2H2,1H3. The molecular weight excluding hydrogens is 281 g/mol. The Balaban J connectivity index is 2.64. The quantitative estimate of drug-likeness (QED) is 0.365. The van der Waals surface area contributed by atoms with E-state index in [1.807, 2.05) is 0 Å². The lowest BCUT2D eigenvalue weighted by Crippen LogP contribution is -2.08. The van der Waals surface area contributed by atoms with Crippen LogP contribution in [0.3, 0.4) is 0 Å². The summed E-state index contributed by atoms with van der Waals surface area (Å²) in [5, 5.41) is 0. The van der Waals surface area contributed by atoms with Gasteiger partial charge in [-0.25, -0.2) is 22.0 Å². The van der Waals surface area contributed by atoms with Crippen molar-refractivity contribution in [1.29, 1.82) is 0 Å². The predicted molar refractivity (Wildman–Crippen MR) is 60.2 cm³/mol.